The number of aromatic nitrogens is 1. The van der Waals surface area contributed by atoms with Gasteiger partial charge in [-0.2, -0.15) is 4.31 Å². The molecule has 31 heavy (non-hydrogen) atoms. The number of pyridine rings is 1. The summed E-state index contributed by atoms with van der Waals surface area (Å²) in [7, 11) is -3.73. The van der Waals surface area contributed by atoms with E-state index in [9.17, 15) is 18.5 Å². The van der Waals surface area contributed by atoms with E-state index in [0.29, 0.717) is 50.0 Å². The molecule has 11 heteroatoms. The van der Waals surface area contributed by atoms with Crippen LogP contribution in [0.4, 0.5) is 17.2 Å². The number of rotatable bonds is 5. The fourth-order valence-electron chi connectivity index (χ4n) is 4.06. The molecule has 0 spiro atoms. The fraction of sp³-hybridized carbons (Fsp3) is 0.450. The van der Waals surface area contributed by atoms with Crippen molar-refractivity contribution in [1.82, 2.24) is 9.29 Å². The van der Waals surface area contributed by atoms with Gasteiger partial charge in [0.2, 0.25) is 10.0 Å². The monoisotopic (exact) mass is 465 g/mol. The minimum absolute atomic E-state index is 0.0196. The Hall–Kier alpha value is -2.43. The summed E-state index contributed by atoms with van der Waals surface area (Å²) >= 11 is 5.90. The second-order valence-electron chi connectivity index (χ2n) is 7.68. The van der Waals surface area contributed by atoms with Gasteiger partial charge in [0.15, 0.2) is 0 Å². The number of hydrogen-bond acceptors (Lipinski definition) is 7. The largest absolute Gasteiger partial charge is 0.362 e. The van der Waals surface area contributed by atoms with Gasteiger partial charge in [0.05, 0.1) is 14.8 Å². The van der Waals surface area contributed by atoms with Gasteiger partial charge in [-0.15, -0.1) is 0 Å². The highest BCUT2D eigenvalue weighted by Crippen LogP contribution is 2.33. The van der Waals surface area contributed by atoms with Crippen LogP contribution in [0.3, 0.4) is 0 Å². The molecule has 0 radical (unpaired) electrons. The molecular weight excluding hydrogens is 442 g/mol. The van der Waals surface area contributed by atoms with E-state index in [1.807, 2.05) is 11.0 Å². The van der Waals surface area contributed by atoms with Crippen LogP contribution in [0.2, 0.25) is 5.02 Å². The highest BCUT2D eigenvalue weighted by molar-refractivity contribution is 7.89. The molecule has 0 aliphatic carbocycles. The zero-order valence-corrected chi connectivity index (χ0v) is 18.6. The van der Waals surface area contributed by atoms with Crippen molar-refractivity contribution in [2.45, 2.75) is 24.2 Å². The standard InChI is InChI=1S/C20H24ClN5O4S/c21-16-4-7-20(22-15-16)24-12-10-23(11-13-24)18-6-5-17(14-19(18)26(27)28)31(29,30)25-8-2-1-3-9-25/h4-7,14-15H,1-3,8-13H2. The Bertz CT molecular complexity index is 1050. The van der Waals surface area contributed by atoms with Crippen molar-refractivity contribution in [1.29, 1.82) is 0 Å². The summed E-state index contributed by atoms with van der Waals surface area (Å²) in [6, 6.07) is 7.88. The van der Waals surface area contributed by atoms with Gasteiger partial charge in [0.1, 0.15) is 11.5 Å². The van der Waals surface area contributed by atoms with E-state index in [-0.39, 0.29) is 10.6 Å². The Labute approximate surface area is 186 Å². The summed E-state index contributed by atoms with van der Waals surface area (Å²) in [6.45, 7) is 3.31. The number of piperidine rings is 1. The predicted octanol–water partition coefficient (Wildman–Crippen LogP) is 3.14. The Morgan fingerprint density at radius 1 is 0.935 bits per heavy atom. The van der Waals surface area contributed by atoms with Gasteiger partial charge in [-0.3, -0.25) is 10.1 Å². The van der Waals surface area contributed by atoms with E-state index in [0.717, 1.165) is 25.1 Å². The molecule has 2 saturated heterocycles. The lowest BCUT2D eigenvalue weighted by Gasteiger charge is -2.36. The lowest BCUT2D eigenvalue weighted by atomic mass is 10.2. The molecule has 3 heterocycles. The van der Waals surface area contributed by atoms with Crippen molar-refractivity contribution in [2.24, 2.45) is 0 Å². The third-order valence-corrected chi connectivity index (χ3v) is 7.87. The normalized spacial score (nSPS) is 18.2. The van der Waals surface area contributed by atoms with Crippen LogP contribution in [0.25, 0.3) is 0 Å². The second-order valence-corrected chi connectivity index (χ2v) is 10.1. The molecule has 0 unspecified atom stereocenters. The van der Waals surface area contributed by atoms with Gasteiger partial charge in [-0.05, 0) is 37.1 Å². The van der Waals surface area contributed by atoms with Crippen LogP contribution in [0.5, 0.6) is 0 Å². The number of piperazine rings is 1. The topological polar surface area (TPSA) is 99.9 Å². The van der Waals surface area contributed by atoms with Gasteiger partial charge < -0.3 is 9.80 Å². The van der Waals surface area contributed by atoms with E-state index in [4.69, 9.17) is 11.6 Å². The number of hydrogen-bond donors (Lipinski definition) is 0. The van der Waals surface area contributed by atoms with Crippen LogP contribution in [-0.4, -0.2) is 61.9 Å². The fourth-order valence-corrected chi connectivity index (χ4v) is 5.71. The second kappa shape index (κ2) is 8.97. The van der Waals surface area contributed by atoms with Gasteiger partial charge in [-0.25, -0.2) is 13.4 Å². The molecule has 2 fully saturated rings. The van der Waals surface area contributed by atoms with E-state index in [1.165, 1.54) is 16.4 Å². The first-order valence-corrected chi connectivity index (χ1v) is 12.1. The van der Waals surface area contributed by atoms with Crippen molar-refractivity contribution >= 4 is 38.8 Å². The summed E-state index contributed by atoms with van der Waals surface area (Å²) in [6.07, 6.45) is 4.22. The average Bonchev–Trinajstić information content (AvgIpc) is 2.80. The number of anilines is 2. The molecule has 4 rings (SSSR count). The summed E-state index contributed by atoms with van der Waals surface area (Å²) in [4.78, 5) is 19.6. The quantitative estimate of drug-likeness (QED) is 0.494. The number of nitro groups is 1. The van der Waals surface area contributed by atoms with Crippen molar-refractivity contribution in [2.75, 3.05) is 49.1 Å². The van der Waals surface area contributed by atoms with Crippen LogP contribution >= 0.6 is 11.6 Å². The number of nitrogens with zero attached hydrogens (tertiary/aromatic N) is 5. The van der Waals surface area contributed by atoms with E-state index in [1.54, 1.807) is 18.3 Å². The number of halogens is 1. The maximum Gasteiger partial charge on any atom is 0.293 e. The molecule has 1 aromatic heterocycles. The molecule has 0 bridgehead atoms. The lowest BCUT2D eigenvalue weighted by Crippen LogP contribution is -2.47. The number of sulfonamides is 1. The first-order chi connectivity index (χ1) is 14.9. The summed E-state index contributed by atoms with van der Waals surface area (Å²) in [5.41, 5.74) is 0.252. The van der Waals surface area contributed by atoms with Crippen molar-refractivity contribution in [3.63, 3.8) is 0 Å². The third kappa shape index (κ3) is 4.60. The van der Waals surface area contributed by atoms with E-state index < -0.39 is 14.9 Å². The molecule has 166 valence electrons. The van der Waals surface area contributed by atoms with Crippen molar-refractivity contribution < 1.29 is 13.3 Å². The molecule has 2 aliphatic heterocycles. The van der Waals surface area contributed by atoms with Crippen LogP contribution in [0, 0.1) is 10.1 Å². The molecule has 9 nitrogen and oxygen atoms in total. The molecule has 0 N–H and O–H groups in total. The molecule has 2 aromatic rings. The van der Waals surface area contributed by atoms with Crippen LogP contribution in [0.15, 0.2) is 41.4 Å². The van der Waals surface area contributed by atoms with E-state index >= 15 is 0 Å². The van der Waals surface area contributed by atoms with Crippen LogP contribution in [-0.2, 0) is 10.0 Å². The Kier molecular flexibility index (Phi) is 6.31. The minimum atomic E-state index is -3.73. The van der Waals surface area contributed by atoms with Gasteiger partial charge in [0, 0.05) is 51.5 Å². The maximum atomic E-state index is 12.9. The highest BCUT2D eigenvalue weighted by Gasteiger charge is 2.30. The smallest absolute Gasteiger partial charge is 0.293 e. The third-order valence-electron chi connectivity index (χ3n) is 5.75. The lowest BCUT2D eigenvalue weighted by molar-refractivity contribution is -0.384. The SMILES string of the molecule is O=[N+]([O-])c1cc(S(=O)(=O)N2CCCCC2)ccc1N1CCN(c2ccc(Cl)cn2)CC1. The summed E-state index contributed by atoms with van der Waals surface area (Å²) in [5.74, 6) is 0.807. The van der Waals surface area contributed by atoms with Crippen molar-refractivity contribution in [3.8, 4) is 0 Å². The van der Waals surface area contributed by atoms with Gasteiger partial charge in [-0.1, -0.05) is 18.0 Å². The molecule has 0 saturated carbocycles. The first kappa shape index (κ1) is 21.8. The summed E-state index contributed by atoms with van der Waals surface area (Å²) in [5, 5.41) is 12.3. The zero-order chi connectivity index (χ0) is 22.0. The highest BCUT2D eigenvalue weighted by atomic mass is 35.5. The van der Waals surface area contributed by atoms with Crippen molar-refractivity contribution in [3.05, 3.63) is 51.7 Å². The first-order valence-electron chi connectivity index (χ1n) is 10.3. The van der Waals surface area contributed by atoms with E-state index in [2.05, 4.69) is 9.88 Å². The van der Waals surface area contributed by atoms with Gasteiger partial charge >= 0.3 is 0 Å². The van der Waals surface area contributed by atoms with Crippen LogP contribution in [0.1, 0.15) is 19.3 Å². The molecule has 2 aliphatic rings. The molecular formula is C20H24ClN5O4S. The predicted molar refractivity (Wildman–Crippen MR) is 119 cm³/mol. The minimum Gasteiger partial charge on any atom is -0.362 e. The number of benzene rings is 1. The zero-order valence-electron chi connectivity index (χ0n) is 17.0. The molecule has 1 aromatic carbocycles. The average molecular weight is 466 g/mol. The van der Waals surface area contributed by atoms with Gasteiger partial charge in [0.25, 0.3) is 5.69 Å². The Morgan fingerprint density at radius 3 is 2.23 bits per heavy atom. The summed E-state index contributed by atoms with van der Waals surface area (Å²) < 4.78 is 27.3. The number of nitro benzene ring substituents is 1. The van der Waals surface area contributed by atoms with Crippen LogP contribution < -0.4 is 9.80 Å². The Balaban J connectivity index is 1.54. The molecule has 0 amide bonds. The maximum absolute atomic E-state index is 12.9. The Morgan fingerprint density at radius 2 is 1.61 bits per heavy atom. The molecule has 0 atom stereocenters.